The summed E-state index contributed by atoms with van der Waals surface area (Å²) in [7, 11) is 0. The predicted octanol–water partition coefficient (Wildman–Crippen LogP) is 17.4. The van der Waals surface area contributed by atoms with Crippen LogP contribution in [0.1, 0.15) is 66.5 Å². The number of para-hydroxylation sites is 2. The van der Waals surface area contributed by atoms with Gasteiger partial charge in [0.15, 0.2) is 17.5 Å². The van der Waals surface area contributed by atoms with Crippen LogP contribution in [0, 0.1) is 34.0 Å². The van der Waals surface area contributed by atoms with Gasteiger partial charge < -0.3 is 9.13 Å². The molecule has 3 aromatic heterocycles. The van der Waals surface area contributed by atoms with Crippen molar-refractivity contribution < 1.29 is 13.2 Å². The minimum Gasteiger partial charge on any atom is -0.313 e. The summed E-state index contributed by atoms with van der Waals surface area (Å²) in [6, 6.07) is 62.0. The Balaban J connectivity index is 1.22. The van der Waals surface area contributed by atoms with Crippen molar-refractivity contribution in [3.05, 3.63) is 229 Å². The summed E-state index contributed by atoms with van der Waals surface area (Å²) in [5.41, 5.74) is 9.88. The molecule has 0 aliphatic heterocycles. The molecule has 8 aromatic carbocycles. The SMILES string of the molecule is C=Cc1c(C(C)CCCCC(=C)C#N)n(-c2ccc(-c3nc(-c4ccccc4)nc(-c4ccccc4)n3)c(-c3cc(C(F)(F)F)ccc3-n3c4ccccc4c4cc(-c5ccc(C#N)cc5C#N)ccc43)c2)c2ccccc12. The minimum atomic E-state index is -4.73. The van der Waals surface area contributed by atoms with Crippen molar-refractivity contribution in [3.8, 4) is 86.0 Å². The van der Waals surface area contributed by atoms with E-state index in [9.17, 15) is 15.8 Å². The van der Waals surface area contributed by atoms with Gasteiger partial charge in [0.1, 0.15) is 0 Å². The van der Waals surface area contributed by atoms with Gasteiger partial charge in [-0.25, -0.2) is 15.0 Å². The number of hydrogen-bond acceptors (Lipinski definition) is 6. The summed E-state index contributed by atoms with van der Waals surface area (Å²) in [6.45, 7) is 10.3. The fourth-order valence-corrected chi connectivity index (χ4v) is 10.7. The molecule has 0 N–H and O–H groups in total. The van der Waals surface area contributed by atoms with Gasteiger partial charge in [0, 0.05) is 60.9 Å². The minimum absolute atomic E-state index is 0.0191. The second-order valence-electron chi connectivity index (χ2n) is 19.3. The van der Waals surface area contributed by atoms with E-state index in [0.717, 1.165) is 80.5 Å². The number of halogens is 3. The van der Waals surface area contributed by atoms with Crippen molar-refractivity contribution in [1.29, 1.82) is 15.8 Å². The van der Waals surface area contributed by atoms with Crippen LogP contribution in [0.2, 0.25) is 0 Å². The Morgan fingerprint density at radius 1 is 0.577 bits per heavy atom. The lowest BCUT2D eigenvalue weighted by Crippen LogP contribution is -2.09. The first kappa shape index (κ1) is 50.0. The van der Waals surface area contributed by atoms with Crippen LogP contribution < -0.4 is 0 Å². The molecule has 78 heavy (non-hydrogen) atoms. The molecule has 3 heterocycles. The monoisotopic (exact) mass is 1020 g/mol. The molecule has 0 fully saturated rings. The summed E-state index contributed by atoms with van der Waals surface area (Å²) in [6.07, 6.45) is 0.155. The number of fused-ring (bicyclic) bond motifs is 4. The number of aromatic nitrogens is 5. The molecule has 376 valence electrons. The Bertz CT molecular complexity index is 4240. The number of alkyl halides is 3. The summed E-state index contributed by atoms with van der Waals surface area (Å²) in [5.74, 6) is 1.02. The number of nitrogens with zero attached hydrogens (tertiary/aromatic N) is 8. The van der Waals surface area contributed by atoms with Gasteiger partial charge in [-0.2, -0.15) is 29.0 Å². The molecule has 0 amide bonds. The van der Waals surface area contributed by atoms with E-state index in [0.29, 0.717) is 68.4 Å². The molecule has 1 atom stereocenters. The molecule has 8 nitrogen and oxygen atoms in total. The summed E-state index contributed by atoms with van der Waals surface area (Å²) in [4.78, 5) is 15.3. The summed E-state index contributed by atoms with van der Waals surface area (Å²) < 4.78 is 50.6. The van der Waals surface area contributed by atoms with Crippen LogP contribution in [0.5, 0.6) is 0 Å². The fourth-order valence-electron chi connectivity index (χ4n) is 10.7. The summed E-state index contributed by atoms with van der Waals surface area (Å²) >= 11 is 0. The lowest BCUT2D eigenvalue weighted by Gasteiger charge is -2.22. The van der Waals surface area contributed by atoms with Gasteiger partial charge in [-0.15, -0.1) is 0 Å². The van der Waals surface area contributed by atoms with E-state index in [1.165, 1.54) is 12.1 Å². The highest BCUT2D eigenvalue weighted by molar-refractivity contribution is 6.11. The van der Waals surface area contributed by atoms with Gasteiger partial charge >= 0.3 is 6.18 Å². The van der Waals surface area contributed by atoms with Crippen LogP contribution in [0.4, 0.5) is 13.2 Å². The molecule has 1 unspecified atom stereocenters. The molecule has 0 bridgehead atoms. The topological polar surface area (TPSA) is 120 Å². The largest absolute Gasteiger partial charge is 0.416 e. The number of hydrogen-bond donors (Lipinski definition) is 0. The zero-order chi connectivity index (χ0) is 54.1. The van der Waals surface area contributed by atoms with Crippen molar-refractivity contribution >= 4 is 38.8 Å². The number of nitriles is 3. The zero-order valence-corrected chi connectivity index (χ0v) is 42.4. The second-order valence-corrected chi connectivity index (χ2v) is 19.3. The average Bonchev–Trinajstić information content (AvgIpc) is 4.20. The molecule has 11 heteroatoms. The Labute approximate surface area is 449 Å². The highest BCUT2D eigenvalue weighted by Crippen LogP contribution is 2.45. The summed E-state index contributed by atoms with van der Waals surface area (Å²) in [5, 5.41) is 31.9. The van der Waals surface area contributed by atoms with E-state index in [2.05, 4.69) is 48.9 Å². The van der Waals surface area contributed by atoms with Crippen molar-refractivity contribution in [2.24, 2.45) is 0 Å². The second kappa shape index (κ2) is 20.9. The van der Waals surface area contributed by atoms with Crippen molar-refractivity contribution in [2.45, 2.75) is 44.7 Å². The number of allylic oxidation sites excluding steroid dienone is 1. The molecule has 0 saturated heterocycles. The molecule has 11 aromatic rings. The molecule has 11 rings (SSSR count). The van der Waals surface area contributed by atoms with E-state index < -0.39 is 11.7 Å². The van der Waals surface area contributed by atoms with E-state index in [-0.39, 0.29) is 17.3 Å². The first-order chi connectivity index (χ1) is 38.0. The fraction of sp³-hybridized carbons (Fsp3) is 0.104. The maximum Gasteiger partial charge on any atom is 0.416 e. The van der Waals surface area contributed by atoms with Gasteiger partial charge in [-0.3, -0.25) is 0 Å². The smallest absolute Gasteiger partial charge is 0.313 e. The molecular formula is C67H47F3N8. The third kappa shape index (κ3) is 9.27. The van der Waals surface area contributed by atoms with Crippen LogP contribution in [0.15, 0.2) is 201 Å². The van der Waals surface area contributed by atoms with Crippen molar-refractivity contribution in [3.63, 3.8) is 0 Å². The van der Waals surface area contributed by atoms with Gasteiger partial charge in [-0.05, 0) is 115 Å². The maximum atomic E-state index is 15.5. The Hall–Kier alpha value is -10.2. The van der Waals surface area contributed by atoms with Crippen molar-refractivity contribution in [1.82, 2.24) is 24.1 Å². The Morgan fingerprint density at radius 2 is 1.21 bits per heavy atom. The molecule has 0 aliphatic carbocycles. The third-order valence-corrected chi connectivity index (χ3v) is 14.5. The standard InChI is InChI=1S/C67H47F3N8/c1-4-51-53-23-13-15-25-59(53)77(63(51)43(3)18-12-11-17-42(2)39-71)50-30-32-55(66-75-64(45-19-7-5-8-20-45)74-65(76-66)46-21-9-6-10-22-46)56(38-50)58-37-49(67(68,69)70)29-34-62(58)78-60-26-16-14-24-54(60)57-36-47(28-33-61(57)78)52-31-27-44(40-72)35-48(52)41-73/h4-10,13-16,19-38,43H,1-2,11-12,17-18H2,3H3. The quantitative estimate of drug-likeness (QED) is 0.0790. The highest BCUT2D eigenvalue weighted by Gasteiger charge is 2.33. The van der Waals surface area contributed by atoms with E-state index in [1.54, 1.807) is 18.2 Å². The normalized spacial score (nSPS) is 11.8. The molecule has 0 spiro atoms. The van der Waals surface area contributed by atoms with Gasteiger partial charge in [0.05, 0.1) is 57.1 Å². The molecule has 0 aliphatic rings. The van der Waals surface area contributed by atoms with Crippen molar-refractivity contribution in [2.75, 3.05) is 0 Å². The van der Waals surface area contributed by atoms with Gasteiger partial charge in [-0.1, -0.05) is 142 Å². The Kier molecular flexibility index (Phi) is 13.4. The van der Waals surface area contributed by atoms with Crippen LogP contribution in [0.25, 0.3) is 107 Å². The molecule has 0 saturated carbocycles. The number of rotatable bonds is 14. The third-order valence-electron chi connectivity index (χ3n) is 14.5. The van der Waals surface area contributed by atoms with Crippen LogP contribution >= 0.6 is 0 Å². The number of unbranched alkanes of at least 4 members (excludes halogenated alkanes) is 1. The van der Waals surface area contributed by atoms with E-state index in [1.807, 2.05) is 150 Å². The average molecular weight is 1020 g/mol. The van der Waals surface area contributed by atoms with Gasteiger partial charge in [0.25, 0.3) is 0 Å². The van der Waals surface area contributed by atoms with Crippen LogP contribution in [-0.2, 0) is 6.18 Å². The lowest BCUT2D eigenvalue weighted by molar-refractivity contribution is -0.137. The maximum absolute atomic E-state index is 15.5. The van der Waals surface area contributed by atoms with Gasteiger partial charge in [0.2, 0.25) is 0 Å². The van der Waals surface area contributed by atoms with Crippen LogP contribution in [-0.4, -0.2) is 24.1 Å². The first-order valence-corrected chi connectivity index (χ1v) is 25.5. The highest BCUT2D eigenvalue weighted by atomic mass is 19.4. The predicted molar refractivity (Wildman–Crippen MR) is 304 cm³/mol. The van der Waals surface area contributed by atoms with Crippen LogP contribution in [0.3, 0.4) is 0 Å². The lowest BCUT2D eigenvalue weighted by atomic mass is 9.93. The molecule has 0 radical (unpaired) electrons. The first-order valence-electron chi connectivity index (χ1n) is 25.5. The molecular weight excluding hydrogens is 974 g/mol. The number of benzene rings is 8. The van der Waals surface area contributed by atoms with E-state index >= 15 is 13.2 Å². The van der Waals surface area contributed by atoms with E-state index in [4.69, 9.17) is 15.0 Å². The Morgan fingerprint density at radius 3 is 1.86 bits per heavy atom. The zero-order valence-electron chi connectivity index (χ0n) is 42.4.